The monoisotopic (exact) mass is 463 g/mol. The summed E-state index contributed by atoms with van der Waals surface area (Å²) in [5.74, 6) is -4.95. The number of carboxylic acids is 1. The molecule has 31 heavy (non-hydrogen) atoms. The molecule has 2 aliphatic rings. The number of oxime groups is 1. The molecule has 160 valence electrons. The number of esters is 1. The Balaban J connectivity index is 0.00000341. The molecule has 1 unspecified atom stereocenters. The number of carbonyl (C=O) groups excluding carboxylic acids is 5. The molecular formula is C15H14N5NaO9S. The van der Waals surface area contributed by atoms with E-state index in [0.717, 1.165) is 11.3 Å². The molecule has 16 heteroatoms. The number of carbonyl (C=O) groups is 5. The van der Waals surface area contributed by atoms with E-state index in [0.29, 0.717) is 0 Å². The van der Waals surface area contributed by atoms with Crippen LogP contribution in [-0.2, 0) is 38.4 Å². The van der Waals surface area contributed by atoms with E-state index in [1.165, 1.54) is 12.5 Å². The SMILES string of the molecule is CO/N=C(\C(=O)N[C@@H]1C(=O)N(C2(C(=O)[O-])CCC(=O)O2)O[C@H]1C=O)c1csc(N)n1.[Na+]. The second kappa shape index (κ2) is 9.69. The van der Waals surface area contributed by atoms with Crippen molar-refractivity contribution in [3.8, 4) is 0 Å². The van der Waals surface area contributed by atoms with Gasteiger partial charge in [-0.3, -0.25) is 19.2 Å². The number of rotatable bonds is 7. The van der Waals surface area contributed by atoms with Gasteiger partial charge in [-0.2, -0.15) is 5.06 Å². The van der Waals surface area contributed by atoms with Crippen LogP contribution in [0.4, 0.5) is 5.13 Å². The topological polar surface area (TPSA) is 203 Å². The van der Waals surface area contributed by atoms with Crippen LogP contribution in [0.2, 0.25) is 0 Å². The van der Waals surface area contributed by atoms with E-state index in [9.17, 15) is 29.1 Å². The Labute approximate surface area is 199 Å². The van der Waals surface area contributed by atoms with Crippen LogP contribution in [0.25, 0.3) is 0 Å². The normalized spacial score (nSPS) is 25.6. The predicted octanol–water partition coefficient (Wildman–Crippen LogP) is -6.31. The molecule has 0 aromatic carbocycles. The molecule has 3 N–H and O–H groups in total. The van der Waals surface area contributed by atoms with Gasteiger partial charge in [0.15, 0.2) is 23.2 Å². The minimum absolute atomic E-state index is 0. The van der Waals surface area contributed by atoms with E-state index in [-0.39, 0.29) is 63.9 Å². The number of carboxylic acid groups (broad SMARTS) is 1. The maximum atomic E-state index is 12.8. The predicted molar refractivity (Wildman–Crippen MR) is 92.9 cm³/mol. The molecule has 0 radical (unpaired) electrons. The molecule has 2 amide bonds. The third-order valence-electron chi connectivity index (χ3n) is 4.20. The number of aliphatic carboxylic acids is 1. The third-order valence-corrected chi connectivity index (χ3v) is 4.88. The molecule has 0 bridgehead atoms. The van der Waals surface area contributed by atoms with Crippen LogP contribution >= 0.6 is 11.3 Å². The van der Waals surface area contributed by atoms with Crippen LogP contribution in [0.5, 0.6) is 0 Å². The van der Waals surface area contributed by atoms with Gasteiger partial charge in [0.05, 0.1) is 6.42 Å². The Morgan fingerprint density at radius 3 is 2.71 bits per heavy atom. The molecule has 2 aliphatic heterocycles. The summed E-state index contributed by atoms with van der Waals surface area (Å²) in [6, 6.07) is -1.65. The Morgan fingerprint density at radius 1 is 1.52 bits per heavy atom. The summed E-state index contributed by atoms with van der Waals surface area (Å²) in [6.07, 6.45) is -2.21. The summed E-state index contributed by atoms with van der Waals surface area (Å²) < 4.78 is 4.75. The average Bonchev–Trinajstić information content (AvgIpc) is 3.38. The van der Waals surface area contributed by atoms with Crippen LogP contribution in [0.1, 0.15) is 18.5 Å². The van der Waals surface area contributed by atoms with Gasteiger partial charge >= 0.3 is 35.5 Å². The van der Waals surface area contributed by atoms with Gasteiger partial charge < -0.3 is 35.3 Å². The molecule has 0 saturated carbocycles. The molecule has 14 nitrogen and oxygen atoms in total. The van der Waals surface area contributed by atoms with Gasteiger partial charge in [0.2, 0.25) is 0 Å². The maximum Gasteiger partial charge on any atom is 1.00 e. The number of thiazole rings is 1. The largest absolute Gasteiger partial charge is 1.00 e. The number of hydroxylamine groups is 2. The first-order chi connectivity index (χ1) is 14.2. The molecular weight excluding hydrogens is 449 g/mol. The number of ether oxygens (including phenoxy) is 1. The van der Waals surface area contributed by atoms with Crippen molar-refractivity contribution in [3.63, 3.8) is 0 Å². The van der Waals surface area contributed by atoms with E-state index in [2.05, 4.69) is 20.3 Å². The molecule has 2 saturated heterocycles. The molecule has 3 heterocycles. The fourth-order valence-corrected chi connectivity index (χ4v) is 3.39. The molecule has 1 aromatic heterocycles. The number of amides is 2. The molecule has 0 aliphatic carbocycles. The maximum absolute atomic E-state index is 12.8. The number of nitrogens with one attached hydrogen (secondary N) is 1. The average molecular weight is 463 g/mol. The number of cyclic esters (lactones) is 1. The summed E-state index contributed by atoms with van der Waals surface area (Å²) in [5, 5.41) is 19.1. The second-order valence-corrected chi connectivity index (χ2v) is 6.92. The molecule has 1 aromatic rings. The van der Waals surface area contributed by atoms with Gasteiger partial charge in [0, 0.05) is 11.8 Å². The summed E-state index contributed by atoms with van der Waals surface area (Å²) in [7, 11) is 1.17. The number of aromatic nitrogens is 1. The van der Waals surface area contributed by atoms with Crippen LogP contribution in [0.3, 0.4) is 0 Å². The number of hydrogen-bond donors (Lipinski definition) is 2. The van der Waals surface area contributed by atoms with Crippen LogP contribution < -0.4 is 45.7 Å². The van der Waals surface area contributed by atoms with Crippen molar-refractivity contribution in [1.29, 1.82) is 0 Å². The number of aldehydes is 1. The second-order valence-electron chi connectivity index (χ2n) is 6.03. The summed E-state index contributed by atoms with van der Waals surface area (Å²) in [5.41, 5.74) is 2.66. The number of anilines is 1. The van der Waals surface area contributed by atoms with Gasteiger partial charge in [0.25, 0.3) is 17.5 Å². The van der Waals surface area contributed by atoms with Crippen LogP contribution in [0, 0.1) is 0 Å². The van der Waals surface area contributed by atoms with Gasteiger partial charge in [0.1, 0.15) is 24.8 Å². The van der Waals surface area contributed by atoms with E-state index in [1.807, 2.05) is 0 Å². The summed E-state index contributed by atoms with van der Waals surface area (Å²) in [6.45, 7) is 0. The fraction of sp³-hybridized carbons (Fsp3) is 0.400. The zero-order chi connectivity index (χ0) is 22.1. The number of nitrogens with zero attached hydrogens (tertiary/aromatic N) is 3. The van der Waals surface area contributed by atoms with Crippen molar-refractivity contribution in [3.05, 3.63) is 11.1 Å². The molecule has 2 fully saturated rings. The zero-order valence-corrected chi connectivity index (χ0v) is 19.0. The van der Waals surface area contributed by atoms with Crippen molar-refractivity contribution >= 4 is 52.2 Å². The first-order valence-corrected chi connectivity index (χ1v) is 9.14. The van der Waals surface area contributed by atoms with Gasteiger partial charge in [-0.1, -0.05) is 5.16 Å². The van der Waals surface area contributed by atoms with Gasteiger partial charge in [-0.25, -0.2) is 4.98 Å². The minimum Gasteiger partial charge on any atom is -0.544 e. The Morgan fingerprint density at radius 2 is 2.23 bits per heavy atom. The van der Waals surface area contributed by atoms with Crippen LogP contribution in [-0.4, -0.2) is 70.8 Å². The van der Waals surface area contributed by atoms with Crippen molar-refractivity contribution in [2.75, 3.05) is 12.8 Å². The van der Waals surface area contributed by atoms with E-state index in [1.54, 1.807) is 0 Å². The van der Waals surface area contributed by atoms with Gasteiger partial charge in [-0.15, -0.1) is 11.3 Å². The Bertz CT molecular complexity index is 953. The number of hydrogen-bond acceptors (Lipinski definition) is 13. The summed E-state index contributed by atoms with van der Waals surface area (Å²) >= 11 is 1.02. The van der Waals surface area contributed by atoms with E-state index >= 15 is 0 Å². The van der Waals surface area contributed by atoms with E-state index in [4.69, 9.17) is 15.3 Å². The molecule has 0 spiro atoms. The minimum atomic E-state index is -2.55. The van der Waals surface area contributed by atoms with Crippen molar-refractivity contribution in [2.24, 2.45) is 5.16 Å². The third kappa shape index (κ3) is 4.54. The smallest absolute Gasteiger partial charge is 0.544 e. The first-order valence-electron chi connectivity index (χ1n) is 8.26. The standard InChI is InChI=1S/C15H15N5O9S.Na/c1-27-19-9(6-5-30-14(16)17-6)11(23)18-10-7(4-21)29-20(12(10)24)15(13(25)26)3-2-8(22)28-15;/h4-5,7,10H,2-3H2,1H3,(H2,16,17)(H,18,23)(H,25,26);/q;+1/p-1/b19-9-;/t7-,10-,15?;/m0./s1. The summed E-state index contributed by atoms with van der Waals surface area (Å²) in [4.78, 5) is 73.5. The first kappa shape index (κ1) is 24.7. The molecule has 3 rings (SSSR count). The number of nitrogens with two attached hydrogens (primary N) is 1. The van der Waals surface area contributed by atoms with Crippen molar-refractivity contribution < 1.29 is 73.0 Å². The van der Waals surface area contributed by atoms with Crippen molar-refractivity contribution in [2.45, 2.75) is 30.7 Å². The fourth-order valence-electron chi connectivity index (χ4n) is 2.85. The zero-order valence-electron chi connectivity index (χ0n) is 16.2. The Kier molecular flexibility index (Phi) is 7.72. The Hall–Kier alpha value is -2.59. The van der Waals surface area contributed by atoms with E-state index < -0.39 is 48.0 Å². The van der Waals surface area contributed by atoms with Gasteiger partial charge in [-0.05, 0) is 0 Å². The van der Waals surface area contributed by atoms with Crippen molar-refractivity contribution in [1.82, 2.24) is 15.4 Å². The molecule has 3 atom stereocenters. The quantitative estimate of drug-likeness (QED) is 0.128. The number of nitrogen functional groups attached to an aromatic ring is 1. The van der Waals surface area contributed by atoms with Crippen LogP contribution in [0.15, 0.2) is 10.5 Å².